The number of ether oxygens (including phenoxy) is 2. The summed E-state index contributed by atoms with van der Waals surface area (Å²) in [5.74, 6) is -0.504. The third kappa shape index (κ3) is 10.6. The van der Waals surface area contributed by atoms with Gasteiger partial charge < -0.3 is 29.5 Å². The topological polar surface area (TPSA) is 99.5 Å². The molecule has 0 saturated carbocycles. The van der Waals surface area contributed by atoms with Crippen LogP contribution in [-0.2, 0) is 25.2 Å². The fourth-order valence-corrected chi connectivity index (χ4v) is 4.56. The number of hydrogen-bond acceptors (Lipinski definition) is 6. The number of aliphatic hydroxyl groups excluding tert-OH is 2. The Labute approximate surface area is 228 Å². The molecular formula is C28H41F3N2O6. The van der Waals surface area contributed by atoms with E-state index in [9.17, 15) is 33.0 Å². The average Bonchev–Trinajstić information content (AvgIpc) is 2.87. The van der Waals surface area contributed by atoms with Gasteiger partial charge in [0.25, 0.3) is 0 Å². The number of carbonyl (C=O) groups is 2. The van der Waals surface area contributed by atoms with Crippen molar-refractivity contribution in [1.29, 1.82) is 0 Å². The Morgan fingerprint density at radius 1 is 1.21 bits per heavy atom. The number of aliphatic hydroxyl groups is 2. The van der Waals surface area contributed by atoms with Gasteiger partial charge in [0.05, 0.1) is 12.2 Å². The summed E-state index contributed by atoms with van der Waals surface area (Å²) in [7, 11) is 1.38. The number of methoxy groups -OCH3 is 1. The Bertz CT molecular complexity index is 955. The third-order valence-electron chi connectivity index (χ3n) is 6.68. The Hall–Kier alpha value is -2.47. The van der Waals surface area contributed by atoms with Crippen LogP contribution in [0.5, 0.6) is 0 Å². The summed E-state index contributed by atoms with van der Waals surface area (Å²) in [6.45, 7) is 6.06. The van der Waals surface area contributed by atoms with Gasteiger partial charge >= 0.3 is 6.18 Å². The summed E-state index contributed by atoms with van der Waals surface area (Å²) < 4.78 is 50.3. The van der Waals surface area contributed by atoms with Crippen LogP contribution in [0.1, 0.15) is 51.2 Å². The lowest BCUT2D eigenvalue weighted by Crippen LogP contribution is -2.53. The molecule has 1 aromatic carbocycles. The highest BCUT2D eigenvalue weighted by Gasteiger charge is 2.33. The van der Waals surface area contributed by atoms with Crippen LogP contribution in [0.2, 0.25) is 0 Å². The molecule has 4 atom stereocenters. The summed E-state index contributed by atoms with van der Waals surface area (Å²) in [4.78, 5) is 29.2. The van der Waals surface area contributed by atoms with Crippen LogP contribution >= 0.6 is 0 Å². The molecule has 0 aliphatic carbocycles. The SMILES string of the molecule is CO[C@@H]1CN(C(C)=O)C[C@@H](CC(C)C)N(C(=O)/C=C/c2cccc(C(F)(F)F)c2)CCCCOC[C@@H](O)[C@H]1O. The largest absolute Gasteiger partial charge is 0.416 e. The summed E-state index contributed by atoms with van der Waals surface area (Å²) in [5.41, 5.74) is -0.555. The van der Waals surface area contributed by atoms with Crippen LogP contribution in [-0.4, -0.2) is 96.1 Å². The van der Waals surface area contributed by atoms with E-state index in [0.717, 1.165) is 12.1 Å². The lowest BCUT2D eigenvalue weighted by Gasteiger charge is -2.38. The van der Waals surface area contributed by atoms with Crippen LogP contribution in [0.25, 0.3) is 6.08 Å². The minimum atomic E-state index is -4.49. The second-order valence-electron chi connectivity index (χ2n) is 10.3. The molecule has 1 aromatic rings. The van der Waals surface area contributed by atoms with Gasteiger partial charge in [-0.3, -0.25) is 9.59 Å². The number of nitrogens with zero attached hydrogens (tertiary/aromatic N) is 2. The Morgan fingerprint density at radius 3 is 2.54 bits per heavy atom. The number of hydrogen-bond donors (Lipinski definition) is 2. The highest BCUT2D eigenvalue weighted by molar-refractivity contribution is 5.92. The Balaban J connectivity index is 2.38. The molecule has 1 saturated heterocycles. The molecule has 39 heavy (non-hydrogen) atoms. The highest BCUT2D eigenvalue weighted by atomic mass is 19.4. The first-order valence-electron chi connectivity index (χ1n) is 13.2. The van der Waals surface area contributed by atoms with Crippen LogP contribution < -0.4 is 0 Å². The van der Waals surface area contributed by atoms with Gasteiger partial charge in [-0.2, -0.15) is 13.2 Å². The van der Waals surface area contributed by atoms with Gasteiger partial charge in [-0.25, -0.2) is 0 Å². The fraction of sp³-hybridized carbons (Fsp3) is 0.643. The van der Waals surface area contributed by atoms with E-state index < -0.39 is 36.1 Å². The maximum Gasteiger partial charge on any atom is 0.416 e. The Kier molecular flexibility index (Phi) is 12.9. The summed E-state index contributed by atoms with van der Waals surface area (Å²) in [6.07, 6.45) is -3.55. The zero-order valence-corrected chi connectivity index (χ0v) is 23.1. The van der Waals surface area contributed by atoms with Crippen LogP contribution in [0.4, 0.5) is 13.2 Å². The summed E-state index contributed by atoms with van der Waals surface area (Å²) in [5, 5.41) is 20.9. The lowest BCUT2D eigenvalue weighted by atomic mass is 10.00. The smallest absolute Gasteiger partial charge is 0.388 e. The molecule has 11 heteroatoms. The van der Waals surface area contributed by atoms with E-state index in [1.807, 2.05) is 13.8 Å². The highest BCUT2D eigenvalue weighted by Crippen LogP contribution is 2.29. The number of carbonyl (C=O) groups excluding carboxylic acids is 2. The lowest BCUT2D eigenvalue weighted by molar-refractivity contribution is -0.140. The predicted molar refractivity (Wildman–Crippen MR) is 141 cm³/mol. The van der Waals surface area contributed by atoms with E-state index in [-0.39, 0.29) is 43.0 Å². The van der Waals surface area contributed by atoms with Crippen molar-refractivity contribution < 1.29 is 42.4 Å². The molecule has 0 bridgehead atoms. The molecule has 8 nitrogen and oxygen atoms in total. The fourth-order valence-electron chi connectivity index (χ4n) is 4.56. The first-order chi connectivity index (χ1) is 18.3. The molecule has 0 radical (unpaired) electrons. The van der Waals surface area contributed by atoms with Gasteiger partial charge in [-0.1, -0.05) is 26.0 Å². The normalized spacial score (nSPS) is 24.7. The molecule has 1 aliphatic heterocycles. The van der Waals surface area contributed by atoms with Crippen molar-refractivity contribution in [3.05, 3.63) is 41.5 Å². The molecule has 2 amide bonds. The van der Waals surface area contributed by atoms with Crippen LogP contribution in [0.15, 0.2) is 30.3 Å². The van der Waals surface area contributed by atoms with Crippen molar-refractivity contribution in [2.24, 2.45) is 5.92 Å². The molecule has 1 aliphatic rings. The molecule has 2 rings (SSSR count). The van der Waals surface area contributed by atoms with Crippen molar-refractivity contribution in [3.8, 4) is 0 Å². The van der Waals surface area contributed by atoms with E-state index in [1.54, 1.807) is 4.90 Å². The molecule has 1 fully saturated rings. The number of rotatable bonds is 5. The van der Waals surface area contributed by atoms with Crippen molar-refractivity contribution in [3.63, 3.8) is 0 Å². The maximum atomic E-state index is 13.5. The van der Waals surface area contributed by atoms with E-state index in [0.29, 0.717) is 32.4 Å². The van der Waals surface area contributed by atoms with Gasteiger partial charge in [0.15, 0.2) is 0 Å². The molecular weight excluding hydrogens is 517 g/mol. The van der Waals surface area contributed by atoms with E-state index in [4.69, 9.17) is 9.47 Å². The van der Waals surface area contributed by atoms with Crippen molar-refractivity contribution in [2.75, 3.05) is 40.0 Å². The Morgan fingerprint density at radius 2 is 1.92 bits per heavy atom. The van der Waals surface area contributed by atoms with E-state index >= 15 is 0 Å². The number of amides is 2. The zero-order chi connectivity index (χ0) is 29.2. The molecule has 220 valence electrons. The van der Waals surface area contributed by atoms with E-state index in [1.165, 1.54) is 43.2 Å². The monoisotopic (exact) mass is 558 g/mol. The minimum Gasteiger partial charge on any atom is -0.388 e. The van der Waals surface area contributed by atoms with Gasteiger partial charge in [-0.15, -0.1) is 0 Å². The van der Waals surface area contributed by atoms with Crippen molar-refractivity contribution in [2.45, 2.75) is 70.6 Å². The van der Waals surface area contributed by atoms with Crippen molar-refractivity contribution in [1.82, 2.24) is 9.80 Å². The standard InChI is InChI=1S/C28H41F3N2O6/c1-19(2)14-23-16-32(20(3)34)17-25(38-4)27(37)24(35)18-39-13-6-5-12-33(23)26(36)11-10-21-8-7-9-22(15-21)28(29,30)31/h7-11,15,19,23-25,27,35,37H,5-6,12-14,16-18H2,1-4H3/b11-10+/t23-,24-,25-,27-/m1/s1. The third-order valence-corrected chi connectivity index (χ3v) is 6.68. The first kappa shape index (κ1) is 32.7. The molecule has 1 heterocycles. The molecule has 0 spiro atoms. The number of halogens is 3. The van der Waals surface area contributed by atoms with Crippen LogP contribution in [0, 0.1) is 5.92 Å². The van der Waals surface area contributed by atoms with Gasteiger partial charge in [0.1, 0.15) is 18.3 Å². The number of alkyl halides is 3. The predicted octanol–water partition coefficient (Wildman–Crippen LogP) is 3.36. The van der Waals surface area contributed by atoms with E-state index in [2.05, 4.69) is 0 Å². The zero-order valence-electron chi connectivity index (χ0n) is 23.1. The summed E-state index contributed by atoms with van der Waals surface area (Å²) in [6, 6.07) is 4.33. The minimum absolute atomic E-state index is 0.0131. The molecule has 0 unspecified atom stereocenters. The second-order valence-corrected chi connectivity index (χ2v) is 10.3. The van der Waals surface area contributed by atoms with Gasteiger partial charge in [0, 0.05) is 52.4 Å². The first-order valence-corrected chi connectivity index (χ1v) is 13.2. The average molecular weight is 559 g/mol. The quantitative estimate of drug-likeness (QED) is 0.538. The summed E-state index contributed by atoms with van der Waals surface area (Å²) >= 11 is 0. The van der Waals surface area contributed by atoms with Crippen molar-refractivity contribution >= 4 is 17.9 Å². The van der Waals surface area contributed by atoms with Gasteiger partial charge in [-0.05, 0) is 49.0 Å². The van der Waals surface area contributed by atoms with Crippen LogP contribution in [0.3, 0.4) is 0 Å². The number of benzene rings is 1. The maximum absolute atomic E-state index is 13.5. The van der Waals surface area contributed by atoms with Gasteiger partial charge in [0.2, 0.25) is 11.8 Å². The molecule has 2 N–H and O–H groups in total. The molecule has 0 aromatic heterocycles. The second kappa shape index (κ2) is 15.4.